The molecule has 0 aliphatic carbocycles. The van der Waals surface area contributed by atoms with Crippen molar-refractivity contribution in [1.82, 2.24) is 19.7 Å². The molecule has 26 heavy (non-hydrogen) atoms. The first-order valence-electron chi connectivity index (χ1n) is 9.78. The molecular weight excluding hydrogens is 328 g/mol. The lowest BCUT2D eigenvalue weighted by molar-refractivity contribution is -0.139. The zero-order valence-corrected chi connectivity index (χ0v) is 14.9. The number of aryl methyl sites for hydroxylation is 1. The number of carbonyl (C=O) groups excluding carboxylic acids is 1. The highest BCUT2D eigenvalue weighted by atomic mass is 16.5. The van der Waals surface area contributed by atoms with Crippen molar-refractivity contribution in [2.75, 3.05) is 6.54 Å². The predicted molar refractivity (Wildman–Crippen MR) is 95.8 cm³/mol. The first-order chi connectivity index (χ1) is 12.8. The maximum Gasteiger partial charge on any atom is 0.264 e. The summed E-state index contributed by atoms with van der Waals surface area (Å²) in [6.45, 7) is 1.75. The van der Waals surface area contributed by atoms with Crippen LogP contribution in [0.3, 0.4) is 0 Å². The van der Waals surface area contributed by atoms with E-state index in [4.69, 9.17) is 4.74 Å². The van der Waals surface area contributed by atoms with Gasteiger partial charge in [-0.2, -0.15) is 0 Å². The van der Waals surface area contributed by atoms with Crippen LogP contribution in [0.15, 0.2) is 24.3 Å². The van der Waals surface area contributed by atoms with Crippen LogP contribution in [-0.2, 0) is 24.2 Å². The molecule has 1 amide bonds. The Hall–Kier alpha value is -2.37. The highest BCUT2D eigenvalue weighted by Crippen LogP contribution is 2.35. The lowest BCUT2D eigenvalue weighted by Crippen LogP contribution is -2.41. The number of hydrogen-bond donors (Lipinski definition) is 0. The number of carbonyl (C=O) groups is 1. The number of aromatic nitrogens is 3. The number of nitrogens with zero attached hydrogens (tertiary/aromatic N) is 4. The molecule has 6 nitrogen and oxygen atoms in total. The highest BCUT2D eigenvalue weighted by molar-refractivity contribution is 5.83. The monoisotopic (exact) mass is 352 g/mol. The largest absolute Gasteiger partial charge is 0.480 e. The van der Waals surface area contributed by atoms with Crippen LogP contribution in [0.5, 0.6) is 5.75 Å². The summed E-state index contributed by atoms with van der Waals surface area (Å²) in [5.74, 6) is 3.00. The summed E-state index contributed by atoms with van der Waals surface area (Å²) in [6, 6.07) is 7.98. The van der Waals surface area contributed by atoms with Crippen LogP contribution in [0.1, 0.15) is 55.4 Å². The van der Waals surface area contributed by atoms with Crippen LogP contribution in [0.25, 0.3) is 0 Å². The second kappa shape index (κ2) is 6.41. The minimum Gasteiger partial charge on any atom is -0.480 e. The molecule has 1 saturated heterocycles. The summed E-state index contributed by atoms with van der Waals surface area (Å²) in [7, 11) is 0. The van der Waals surface area contributed by atoms with E-state index in [0.717, 1.165) is 55.3 Å². The third-order valence-corrected chi connectivity index (χ3v) is 5.89. The van der Waals surface area contributed by atoms with Gasteiger partial charge in [0, 0.05) is 25.9 Å². The Bertz CT molecular complexity index is 806. The number of para-hydroxylation sites is 1. The van der Waals surface area contributed by atoms with Gasteiger partial charge in [-0.05, 0) is 37.3 Å². The summed E-state index contributed by atoms with van der Waals surface area (Å²) in [5.41, 5.74) is 1.12. The number of rotatable bonds is 2. The standard InChI is InChI=1S/C20H24N4O2/c25-20(17-13-14-7-3-4-9-16(14)26-17)23-12-6-8-15(23)19-22-21-18-10-2-1-5-11-24(18)19/h3-4,7,9,15,17H,1-2,5-6,8,10-13H2/t15-,17+/m0/s1. The van der Waals surface area contributed by atoms with Crippen molar-refractivity contribution in [3.8, 4) is 5.75 Å². The quantitative estimate of drug-likeness (QED) is 0.834. The molecule has 0 N–H and O–H groups in total. The van der Waals surface area contributed by atoms with E-state index in [9.17, 15) is 4.79 Å². The molecular formula is C20H24N4O2. The van der Waals surface area contributed by atoms with Gasteiger partial charge >= 0.3 is 0 Å². The summed E-state index contributed by atoms with van der Waals surface area (Å²) < 4.78 is 8.22. The fraction of sp³-hybridized carbons (Fsp3) is 0.550. The fourth-order valence-electron chi connectivity index (χ4n) is 4.56. The van der Waals surface area contributed by atoms with Crippen LogP contribution in [0.4, 0.5) is 0 Å². The summed E-state index contributed by atoms with van der Waals surface area (Å²) in [4.78, 5) is 15.2. The minimum atomic E-state index is -0.403. The Kier molecular flexibility index (Phi) is 3.91. The van der Waals surface area contributed by atoms with Gasteiger partial charge in [0.25, 0.3) is 5.91 Å². The summed E-state index contributed by atoms with van der Waals surface area (Å²) >= 11 is 0. The van der Waals surface area contributed by atoms with Crippen LogP contribution in [0.2, 0.25) is 0 Å². The number of likely N-dealkylation sites (tertiary alicyclic amines) is 1. The fourth-order valence-corrected chi connectivity index (χ4v) is 4.56. The van der Waals surface area contributed by atoms with Gasteiger partial charge in [0.15, 0.2) is 11.9 Å². The van der Waals surface area contributed by atoms with Crippen molar-refractivity contribution in [3.05, 3.63) is 41.5 Å². The molecule has 0 bridgehead atoms. The molecule has 4 heterocycles. The van der Waals surface area contributed by atoms with Crippen molar-refractivity contribution < 1.29 is 9.53 Å². The summed E-state index contributed by atoms with van der Waals surface area (Å²) in [6.07, 6.45) is 6.82. The maximum absolute atomic E-state index is 13.2. The molecule has 5 rings (SSSR count). The SMILES string of the molecule is O=C([C@H]1Cc2ccccc2O1)N1CCC[C@H]1c1nnc2n1CCCCC2. The van der Waals surface area contributed by atoms with Gasteiger partial charge in [-0.25, -0.2) is 0 Å². The van der Waals surface area contributed by atoms with E-state index in [1.165, 1.54) is 19.3 Å². The molecule has 3 aliphatic rings. The highest BCUT2D eigenvalue weighted by Gasteiger charge is 2.40. The van der Waals surface area contributed by atoms with Gasteiger partial charge < -0.3 is 14.2 Å². The molecule has 3 aliphatic heterocycles. The van der Waals surface area contributed by atoms with Gasteiger partial charge in [-0.15, -0.1) is 10.2 Å². The molecule has 1 aromatic heterocycles. The van der Waals surface area contributed by atoms with Gasteiger partial charge in [0.05, 0.1) is 6.04 Å². The van der Waals surface area contributed by atoms with E-state index < -0.39 is 6.10 Å². The lowest BCUT2D eigenvalue weighted by atomic mass is 10.1. The average molecular weight is 352 g/mol. The van der Waals surface area contributed by atoms with Crippen LogP contribution in [0, 0.1) is 0 Å². The van der Waals surface area contributed by atoms with E-state index in [1.807, 2.05) is 29.2 Å². The smallest absolute Gasteiger partial charge is 0.264 e. The third-order valence-electron chi connectivity index (χ3n) is 5.89. The number of hydrogen-bond acceptors (Lipinski definition) is 4. The van der Waals surface area contributed by atoms with Crippen molar-refractivity contribution >= 4 is 5.91 Å². The average Bonchev–Trinajstić information content (AvgIpc) is 3.35. The Morgan fingerprint density at radius 2 is 2.00 bits per heavy atom. The Morgan fingerprint density at radius 1 is 1.08 bits per heavy atom. The van der Waals surface area contributed by atoms with Crippen molar-refractivity contribution in [3.63, 3.8) is 0 Å². The normalized spacial score (nSPS) is 24.7. The van der Waals surface area contributed by atoms with Gasteiger partial charge in [-0.1, -0.05) is 24.6 Å². The van der Waals surface area contributed by atoms with Crippen LogP contribution in [-0.4, -0.2) is 38.2 Å². The van der Waals surface area contributed by atoms with E-state index in [2.05, 4.69) is 14.8 Å². The summed E-state index contributed by atoms with van der Waals surface area (Å²) in [5, 5.41) is 8.93. The van der Waals surface area contributed by atoms with E-state index in [0.29, 0.717) is 6.42 Å². The van der Waals surface area contributed by atoms with Crippen molar-refractivity contribution in [2.45, 2.75) is 63.6 Å². The number of amides is 1. The van der Waals surface area contributed by atoms with E-state index >= 15 is 0 Å². The second-order valence-corrected chi connectivity index (χ2v) is 7.54. The molecule has 136 valence electrons. The molecule has 0 spiro atoms. The zero-order valence-electron chi connectivity index (χ0n) is 14.9. The zero-order chi connectivity index (χ0) is 17.5. The Morgan fingerprint density at radius 3 is 2.92 bits per heavy atom. The van der Waals surface area contributed by atoms with Gasteiger partial charge in [0.2, 0.25) is 0 Å². The van der Waals surface area contributed by atoms with Gasteiger partial charge in [-0.3, -0.25) is 4.79 Å². The van der Waals surface area contributed by atoms with Crippen LogP contribution >= 0.6 is 0 Å². The number of benzene rings is 1. The Labute approximate surface area is 153 Å². The topological polar surface area (TPSA) is 60.2 Å². The second-order valence-electron chi connectivity index (χ2n) is 7.54. The number of fused-ring (bicyclic) bond motifs is 2. The first-order valence-corrected chi connectivity index (χ1v) is 9.78. The predicted octanol–water partition coefficient (Wildman–Crippen LogP) is 2.67. The van der Waals surface area contributed by atoms with Crippen molar-refractivity contribution in [2.24, 2.45) is 0 Å². The molecule has 0 radical (unpaired) electrons. The molecule has 0 saturated carbocycles. The first kappa shape index (κ1) is 15.9. The third kappa shape index (κ3) is 2.59. The van der Waals surface area contributed by atoms with Crippen LogP contribution < -0.4 is 4.74 Å². The molecule has 2 atom stereocenters. The minimum absolute atomic E-state index is 0.0363. The molecule has 0 unspecified atom stereocenters. The van der Waals surface area contributed by atoms with E-state index in [-0.39, 0.29) is 11.9 Å². The Balaban J connectivity index is 1.38. The molecule has 6 heteroatoms. The number of ether oxygens (including phenoxy) is 1. The molecule has 1 fully saturated rings. The molecule has 1 aromatic carbocycles. The van der Waals surface area contributed by atoms with Gasteiger partial charge in [0.1, 0.15) is 11.6 Å². The molecule has 2 aromatic rings. The van der Waals surface area contributed by atoms with E-state index in [1.54, 1.807) is 0 Å². The lowest BCUT2D eigenvalue weighted by Gasteiger charge is -2.27. The maximum atomic E-state index is 13.2. The van der Waals surface area contributed by atoms with Crippen molar-refractivity contribution in [1.29, 1.82) is 0 Å².